The molecule has 0 fully saturated rings. The fourth-order valence-electron chi connectivity index (χ4n) is 2.22. The maximum atomic E-state index is 4.33. The van der Waals surface area contributed by atoms with Crippen molar-refractivity contribution >= 4 is 15.9 Å². The summed E-state index contributed by atoms with van der Waals surface area (Å²) in [7, 11) is 1.94. The van der Waals surface area contributed by atoms with Gasteiger partial charge >= 0.3 is 0 Å². The fraction of sp³-hybridized carbons (Fsp3) is 0.467. The second-order valence-corrected chi connectivity index (χ2v) is 5.80. The fourth-order valence-corrected chi connectivity index (χ4v) is 2.67. The topological polar surface area (TPSA) is 42.7 Å². The Kier molecular flexibility index (Phi) is 5.73. The summed E-state index contributed by atoms with van der Waals surface area (Å²) in [6.07, 6.45) is 4.61. The Labute approximate surface area is 128 Å². The number of nitrogens with zero attached hydrogens (tertiary/aromatic N) is 3. The molecule has 0 bridgehead atoms. The van der Waals surface area contributed by atoms with Crippen molar-refractivity contribution in [1.82, 2.24) is 20.1 Å². The molecule has 1 aromatic heterocycles. The van der Waals surface area contributed by atoms with Gasteiger partial charge in [-0.1, -0.05) is 41.1 Å². The first-order valence-electron chi connectivity index (χ1n) is 7.00. The number of nitrogens with one attached hydrogen (secondary N) is 1. The van der Waals surface area contributed by atoms with Crippen LogP contribution in [0.2, 0.25) is 0 Å². The van der Waals surface area contributed by atoms with Gasteiger partial charge in [-0.05, 0) is 31.0 Å². The van der Waals surface area contributed by atoms with Gasteiger partial charge < -0.3 is 5.32 Å². The van der Waals surface area contributed by atoms with E-state index in [-0.39, 0.29) is 0 Å². The van der Waals surface area contributed by atoms with Gasteiger partial charge in [-0.2, -0.15) is 5.10 Å². The van der Waals surface area contributed by atoms with Crippen LogP contribution >= 0.6 is 15.9 Å². The van der Waals surface area contributed by atoms with Crippen molar-refractivity contribution < 1.29 is 0 Å². The molecule has 1 unspecified atom stereocenters. The maximum absolute atomic E-state index is 4.33. The van der Waals surface area contributed by atoms with Gasteiger partial charge in [-0.25, -0.2) is 4.98 Å². The average Bonchev–Trinajstić information content (AvgIpc) is 2.84. The van der Waals surface area contributed by atoms with Gasteiger partial charge in [0.15, 0.2) is 0 Å². The molecule has 108 valence electrons. The zero-order valence-corrected chi connectivity index (χ0v) is 13.6. The lowest BCUT2D eigenvalue weighted by Crippen LogP contribution is -2.34. The van der Waals surface area contributed by atoms with Crippen molar-refractivity contribution in [1.29, 1.82) is 0 Å². The van der Waals surface area contributed by atoms with Crippen LogP contribution in [0.5, 0.6) is 0 Å². The summed E-state index contributed by atoms with van der Waals surface area (Å²) in [4.78, 5) is 4.33. The summed E-state index contributed by atoms with van der Waals surface area (Å²) >= 11 is 3.62. The number of aryl methyl sites for hydroxylation is 1. The Morgan fingerprint density at radius 1 is 1.30 bits per heavy atom. The van der Waals surface area contributed by atoms with Crippen LogP contribution in [0.3, 0.4) is 0 Å². The molecule has 20 heavy (non-hydrogen) atoms. The molecule has 4 nitrogen and oxygen atoms in total. The van der Waals surface area contributed by atoms with Gasteiger partial charge in [-0.15, -0.1) is 0 Å². The van der Waals surface area contributed by atoms with Gasteiger partial charge in [0.2, 0.25) is 0 Å². The summed E-state index contributed by atoms with van der Waals surface area (Å²) in [5, 5.41) is 7.75. The first kappa shape index (κ1) is 15.2. The third-order valence-electron chi connectivity index (χ3n) is 3.34. The van der Waals surface area contributed by atoms with Crippen LogP contribution in [-0.2, 0) is 19.9 Å². The van der Waals surface area contributed by atoms with Crippen LogP contribution in [-0.4, -0.2) is 27.4 Å². The zero-order valence-electron chi connectivity index (χ0n) is 12.0. The molecule has 1 N–H and O–H groups in total. The molecule has 0 saturated carbocycles. The van der Waals surface area contributed by atoms with Crippen LogP contribution in [0.25, 0.3) is 0 Å². The smallest absolute Gasteiger partial charge is 0.138 e. The van der Waals surface area contributed by atoms with E-state index in [9.17, 15) is 0 Å². The minimum Gasteiger partial charge on any atom is -0.313 e. The number of halogens is 1. The molecule has 2 aromatic rings. The van der Waals surface area contributed by atoms with Crippen LogP contribution in [0, 0.1) is 0 Å². The number of rotatable bonds is 7. The van der Waals surface area contributed by atoms with Crippen molar-refractivity contribution in [3.63, 3.8) is 0 Å². The molecule has 1 aromatic carbocycles. The standard InChI is InChI=1S/C15H21BrN4/c1-3-8-17-13(10-15-18-11-19-20(15)2)9-12-6-4-5-7-14(12)16/h4-7,11,13,17H,3,8-10H2,1-2H3. The molecule has 0 amide bonds. The molecular weight excluding hydrogens is 316 g/mol. The first-order chi connectivity index (χ1) is 9.70. The molecule has 0 spiro atoms. The summed E-state index contributed by atoms with van der Waals surface area (Å²) in [5.41, 5.74) is 1.32. The number of hydrogen-bond acceptors (Lipinski definition) is 3. The molecule has 1 heterocycles. The lowest BCUT2D eigenvalue weighted by Gasteiger charge is -2.19. The summed E-state index contributed by atoms with van der Waals surface area (Å²) < 4.78 is 3.02. The highest BCUT2D eigenvalue weighted by atomic mass is 79.9. The van der Waals surface area contributed by atoms with E-state index in [0.717, 1.165) is 31.6 Å². The minimum atomic E-state index is 0.372. The van der Waals surface area contributed by atoms with Gasteiger partial charge in [0.25, 0.3) is 0 Å². The second kappa shape index (κ2) is 7.55. The van der Waals surface area contributed by atoms with E-state index >= 15 is 0 Å². The molecule has 0 aliphatic heterocycles. The van der Waals surface area contributed by atoms with Gasteiger partial charge in [0.1, 0.15) is 12.2 Å². The molecule has 0 saturated heterocycles. The molecule has 5 heteroatoms. The average molecular weight is 337 g/mol. The van der Waals surface area contributed by atoms with Gasteiger partial charge in [0.05, 0.1) is 0 Å². The quantitative estimate of drug-likeness (QED) is 0.845. The monoisotopic (exact) mass is 336 g/mol. The molecular formula is C15H21BrN4. The Bertz CT molecular complexity index is 538. The van der Waals surface area contributed by atoms with E-state index in [2.05, 4.69) is 56.5 Å². The lowest BCUT2D eigenvalue weighted by atomic mass is 10.0. The highest BCUT2D eigenvalue weighted by Gasteiger charge is 2.14. The van der Waals surface area contributed by atoms with E-state index in [1.807, 2.05) is 17.8 Å². The summed E-state index contributed by atoms with van der Waals surface area (Å²) in [6, 6.07) is 8.76. The molecule has 0 aliphatic carbocycles. The molecule has 0 aliphatic rings. The summed E-state index contributed by atoms with van der Waals surface area (Å²) in [5.74, 6) is 1.02. The lowest BCUT2D eigenvalue weighted by molar-refractivity contribution is 0.485. The third-order valence-corrected chi connectivity index (χ3v) is 4.11. The Hall–Kier alpha value is -1.20. The highest BCUT2D eigenvalue weighted by Crippen LogP contribution is 2.18. The van der Waals surface area contributed by atoms with Crippen molar-refractivity contribution in [2.75, 3.05) is 6.54 Å². The van der Waals surface area contributed by atoms with E-state index in [1.54, 1.807) is 6.33 Å². The SMILES string of the molecule is CCCNC(Cc1ccccc1Br)Cc1ncnn1C. The van der Waals surface area contributed by atoms with Crippen molar-refractivity contribution in [2.45, 2.75) is 32.2 Å². The van der Waals surface area contributed by atoms with E-state index in [4.69, 9.17) is 0 Å². The highest BCUT2D eigenvalue weighted by molar-refractivity contribution is 9.10. The van der Waals surface area contributed by atoms with Crippen LogP contribution in [0.4, 0.5) is 0 Å². The number of aromatic nitrogens is 3. The Morgan fingerprint density at radius 2 is 2.10 bits per heavy atom. The first-order valence-corrected chi connectivity index (χ1v) is 7.79. The normalized spacial score (nSPS) is 12.6. The van der Waals surface area contributed by atoms with Crippen molar-refractivity contribution in [3.8, 4) is 0 Å². The van der Waals surface area contributed by atoms with Crippen LogP contribution in [0.15, 0.2) is 35.1 Å². The third kappa shape index (κ3) is 4.15. The van der Waals surface area contributed by atoms with E-state index in [0.29, 0.717) is 6.04 Å². The number of benzene rings is 1. The largest absolute Gasteiger partial charge is 0.313 e. The predicted molar refractivity (Wildman–Crippen MR) is 84.6 cm³/mol. The maximum Gasteiger partial charge on any atom is 0.138 e. The van der Waals surface area contributed by atoms with Crippen LogP contribution in [0.1, 0.15) is 24.7 Å². The zero-order chi connectivity index (χ0) is 14.4. The number of hydrogen-bond donors (Lipinski definition) is 1. The Balaban J connectivity index is 2.07. The molecule has 2 rings (SSSR count). The minimum absolute atomic E-state index is 0.372. The van der Waals surface area contributed by atoms with Crippen LogP contribution < -0.4 is 5.32 Å². The summed E-state index contributed by atoms with van der Waals surface area (Å²) in [6.45, 7) is 3.21. The Morgan fingerprint density at radius 3 is 2.75 bits per heavy atom. The van der Waals surface area contributed by atoms with E-state index < -0.39 is 0 Å². The molecule has 0 radical (unpaired) electrons. The van der Waals surface area contributed by atoms with E-state index in [1.165, 1.54) is 10.0 Å². The van der Waals surface area contributed by atoms with Gasteiger partial charge in [-0.3, -0.25) is 4.68 Å². The van der Waals surface area contributed by atoms with Gasteiger partial charge in [0, 0.05) is 24.0 Å². The second-order valence-electron chi connectivity index (χ2n) is 4.95. The molecule has 1 atom stereocenters. The van der Waals surface area contributed by atoms with Crippen molar-refractivity contribution in [3.05, 3.63) is 46.5 Å². The predicted octanol–water partition coefficient (Wildman–Crippen LogP) is 2.73. The van der Waals surface area contributed by atoms with Crippen molar-refractivity contribution in [2.24, 2.45) is 7.05 Å².